The number of anilines is 1. The lowest BCUT2D eigenvalue weighted by Crippen LogP contribution is -2.58. The number of para-hydroxylation sites is 1. The molecule has 178 valence electrons. The van der Waals surface area contributed by atoms with Crippen LogP contribution in [0.3, 0.4) is 0 Å². The number of benzene rings is 1. The highest BCUT2D eigenvalue weighted by atomic mass is 32.1. The maximum atomic E-state index is 13.0. The highest BCUT2D eigenvalue weighted by Crippen LogP contribution is 2.33. The first-order valence-corrected chi connectivity index (χ1v) is 12.6. The molecule has 3 aromatic heterocycles. The Hall–Kier alpha value is -3.27. The van der Waals surface area contributed by atoms with Crippen LogP contribution in [0.5, 0.6) is 0 Å². The molecule has 10 heteroatoms. The van der Waals surface area contributed by atoms with Gasteiger partial charge in [-0.05, 0) is 50.1 Å². The van der Waals surface area contributed by atoms with Crippen LogP contribution in [0.2, 0.25) is 0 Å². The molecule has 0 N–H and O–H groups in total. The van der Waals surface area contributed by atoms with Gasteiger partial charge in [-0.3, -0.25) is 4.79 Å². The van der Waals surface area contributed by atoms with E-state index >= 15 is 0 Å². The summed E-state index contributed by atoms with van der Waals surface area (Å²) < 4.78 is 0. The third-order valence-electron chi connectivity index (χ3n) is 6.36. The Bertz CT molecular complexity index is 1300. The fourth-order valence-corrected chi connectivity index (χ4v) is 5.46. The minimum Gasteiger partial charge on any atom is -0.395 e. The van der Waals surface area contributed by atoms with Crippen LogP contribution in [0.25, 0.3) is 21.3 Å². The van der Waals surface area contributed by atoms with E-state index < -0.39 is 0 Å². The van der Waals surface area contributed by atoms with Crippen LogP contribution in [-0.4, -0.2) is 67.7 Å². The van der Waals surface area contributed by atoms with Crippen LogP contribution in [-0.2, 0) is 11.2 Å². The zero-order valence-electron chi connectivity index (χ0n) is 19.7. The van der Waals surface area contributed by atoms with Crippen molar-refractivity contribution in [3.05, 3.63) is 41.5 Å². The molecule has 2 atom stereocenters. The van der Waals surface area contributed by atoms with E-state index in [2.05, 4.69) is 52.0 Å². The van der Waals surface area contributed by atoms with Crippen molar-refractivity contribution in [2.45, 2.75) is 52.1 Å². The number of amides is 1. The van der Waals surface area contributed by atoms with Crippen molar-refractivity contribution in [3.63, 3.8) is 0 Å². The van der Waals surface area contributed by atoms with Gasteiger partial charge < -0.3 is 14.6 Å². The Morgan fingerprint density at radius 3 is 2.88 bits per heavy atom. The molecule has 0 spiro atoms. The van der Waals surface area contributed by atoms with Crippen LogP contribution >= 0.6 is 11.3 Å². The second-order valence-electron chi connectivity index (χ2n) is 8.77. The van der Waals surface area contributed by atoms with Crippen LogP contribution in [0.4, 0.5) is 5.82 Å². The van der Waals surface area contributed by atoms with E-state index in [4.69, 9.17) is 4.84 Å². The summed E-state index contributed by atoms with van der Waals surface area (Å²) in [7, 11) is 0. The average Bonchev–Trinajstić information content (AvgIpc) is 3.47. The number of carbonyl (C=O) groups excluding carboxylic acids is 1. The molecular weight excluding hydrogens is 450 g/mol. The first kappa shape index (κ1) is 22.5. The summed E-state index contributed by atoms with van der Waals surface area (Å²) in [5, 5.41) is 9.22. The molecule has 1 amide bonds. The van der Waals surface area contributed by atoms with Crippen molar-refractivity contribution < 1.29 is 9.63 Å². The van der Waals surface area contributed by atoms with Crippen LogP contribution in [0, 0.1) is 0 Å². The first-order valence-electron chi connectivity index (χ1n) is 11.8. The van der Waals surface area contributed by atoms with Crippen molar-refractivity contribution in [2.75, 3.05) is 24.6 Å². The Morgan fingerprint density at radius 2 is 2.03 bits per heavy atom. The van der Waals surface area contributed by atoms with Crippen LogP contribution in [0.1, 0.15) is 38.5 Å². The third kappa shape index (κ3) is 4.29. The van der Waals surface area contributed by atoms with Gasteiger partial charge in [-0.2, -0.15) is 0 Å². The SMILES string of the molecule is CCc1cc2c(N3CC(C)N(C(=O)CCCOn4nnc5ccccc54)CC3C)ncnc2s1. The van der Waals surface area contributed by atoms with Gasteiger partial charge >= 0.3 is 0 Å². The highest BCUT2D eigenvalue weighted by Gasteiger charge is 2.33. The molecule has 9 nitrogen and oxygen atoms in total. The van der Waals surface area contributed by atoms with Gasteiger partial charge in [0.25, 0.3) is 0 Å². The molecule has 0 radical (unpaired) electrons. The lowest BCUT2D eigenvalue weighted by atomic mass is 10.1. The Morgan fingerprint density at radius 1 is 1.18 bits per heavy atom. The van der Waals surface area contributed by atoms with E-state index in [1.807, 2.05) is 29.2 Å². The molecule has 1 aromatic carbocycles. The van der Waals surface area contributed by atoms with Gasteiger partial charge in [0, 0.05) is 36.5 Å². The zero-order chi connectivity index (χ0) is 23.7. The summed E-state index contributed by atoms with van der Waals surface area (Å²) in [6.07, 6.45) is 3.70. The van der Waals surface area contributed by atoms with Gasteiger partial charge in [-0.15, -0.1) is 16.4 Å². The van der Waals surface area contributed by atoms with Gasteiger partial charge in [-0.25, -0.2) is 9.97 Å². The summed E-state index contributed by atoms with van der Waals surface area (Å²) in [6.45, 7) is 8.25. The molecule has 34 heavy (non-hydrogen) atoms. The number of nitrogens with zero attached hydrogens (tertiary/aromatic N) is 7. The molecule has 1 fully saturated rings. The number of piperazine rings is 1. The summed E-state index contributed by atoms with van der Waals surface area (Å²) in [5.41, 5.74) is 1.61. The largest absolute Gasteiger partial charge is 0.395 e. The third-order valence-corrected chi connectivity index (χ3v) is 7.54. The number of hydrogen-bond acceptors (Lipinski definition) is 8. The van der Waals surface area contributed by atoms with E-state index in [0.29, 0.717) is 26.0 Å². The summed E-state index contributed by atoms with van der Waals surface area (Å²) in [6, 6.07) is 10.1. The highest BCUT2D eigenvalue weighted by molar-refractivity contribution is 7.18. The smallest absolute Gasteiger partial charge is 0.223 e. The quantitative estimate of drug-likeness (QED) is 0.376. The Balaban J connectivity index is 1.18. The van der Waals surface area contributed by atoms with Crippen molar-refractivity contribution in [1.29, 1.82) is 0 Å². The molecule has 1 aliphatic heterocycles. The fraction of sp³-hybridized carbons (Fsp3) is 0.458. The van der Waals surface area contributed by atoms with Crippen LogP contribution < -0.4 is 9.74 Å². The molecule has 0 bridgehead atoms. The number of aryl methyl sites for hydroxylation is 1. The van der Waals surface area contributed by atoms with Gasteiger partial charge in [0.15, 0.2) is 0 Å². The molecule has 5 rings (SSSR count). The monoisotopic (exact) mass is 479 g/mol. The molecular formula is C24H29N7O2S. The second-order valence-corrected chi connectivity index (χ2v) is 9.88. The topological polar surface area (TPSA) is 89.3 Å². The molecule has 4 aromatic rings. The first-order chi connectivity index (χ1) is 16.5. The zero-order valence-corrected chi connectivity index (χ0v) is 20.5. The van der Waals surface area contributed by atoms with Gasteiger partial charge in [0.2, 0.25) is 5.91 Å². The van der Waals surface area contributed by atoms with E-state index in [9.17, 15) is 4.79 Å². The average molecular weight is 480 g/mol. The molecule has 0 aliphatic carbocycles. The summed E-state index contributed by atoms with van der Waals surface area (Å²) in [4.78, 5) is 35.9. The fourth-order valence-electron chi connectivity index (χ4n) is 4.53. The van der Waals surface area contributed by atoms with E-state index in [1.165, 1.54) is 9.72 Å². The maximum Gasteiger partial charge on any atom is 0.223 e. The lowest BCUT2D eigenvalue weighted by molar-refractivity contribution is -0.134. The lowest BCUT2D eigenvalue weighted by Gasteiger charge is -2.45. The Labute approximate surface area is 202 Å². The number of aromatic nitrogens is 5. The molecule has 4 heterocycles. The predicted molar refractivity (Wildman–Crippen MR) is 133 cm³/mol. The number of fused-ring (bicyclic) bond motifs is 2. The molecule has 1 saturated heterocycles. The number of thiophene rings is 1. The normalized spacial score (nSPS) is 18.7. The molecule has 2 unspecified atom stereocenters. The van der Waals surface area contributed by atoms with Gasteiger partial charge in [-0.1, -0.05) is 23.9 Å². The van der Waals surface area contributed by atoms with Crippen molar-refractivity contribution >= 4 is 44.3 Å². The van der Waals surface area contributed by atoms with E-state index in [1.54, 1.807) is 17.7 Å². The molecule has 0 saturated carbocycles. The van der Waals surface area contributed by atoms with Crippen molar-refractivity contribution in [3.8, 4) is 0 Å². The van der Waals surface area contributed by atoms with Crippen LogP contribution in [0.15, 0.2) is 36.7 Å². The molecule has 1 aliphatic rings. The van der Waals surface area contributed by atoms with Crippen molar-refractivity contribution in [1.82, 2.24) is 30.0 Å². The minimum atomic E-state index is 0.0955. The van der Waals surface area contributed by atoms with Gasteiger partial charge in [0.1, 0.15) is 34.6 Å². The van der Waals surface area contributed by atoms with E-state index in [-0.39, 0.29) is 18.0 Å². The van der Waals surface area contributed by atoms with E-state index in [0.717, 1.165) is 40.0 Å². The number of hydrogen-bond donors (Lipinski definition) is 0. The summed E-state index contributed by atoms with van der Waals surface area (Å²) >= 11 is 1.73. The number of rotatable bonds is 7. The standard InChI is InChI=1S/C24H29N7O2S/c1-4-18-12-19-23(25-15-26-24(19)34-18)30-14-16(2)29(13-17(30)3)22(32)10-7-11-33-31-21-9-6-5-8-20(21)27-28-31/h5-6,8-9,12,15-17H,4,7,10-11,13-14H2,1-3H3. The predicted octanol–water partition coefficient (Wildman–Crippen LogP) is 3.33. The maximum absolute atomic E-state index is 13.0. The number of carbonyl (C=O) groups is 1. The second kappa shape index (κ2) is 9.54. The van der Waals surface area contributed by atoms with Crippen molar-refractivity contribution in [2.24, 2.45) is 0 Å². The van der Waals surface area contributed by atoms with Gasteiger partial charge in [0.05, 0.1) is 5.39 Å². The Kier molecular flexibility index (Phi) is 6.32. The summed E-state index contributed by atoms with van der Waals surface area (Å²) in [5.74, 6) is 1.13. The minimum absolute atomic E-state index is 0.0955.